The zero-order chi connectivity index (χ0) is 27.1. The van der Waals surface area contributed by atoms with Crippen LogP contribution in [0.15, 0.2) is 118 Å². The van der Waals surface area contributed by atoms with Crippen molar-refractivity contribution in [3.8, 4) is 5.75 Å². The first-order chi connectivity index (χ1) is 19.6. The second-order valence-corrected chi connectivity index (χ2v) is 11.0. The maximum absolute atomic E-state index is 13.9. The van der Waals surface area contributed by atoms with Gasteiger partial charge in [0, 0.05) is 5.56 Å². The maximum Gasteiger partial charge on any atom is 0.271 e. The lowest BCUT2D eigenvalue weighted by Gasteiger charge is -2.30. The first-order valence-electron chi connectivity index (χ1n) is 13.3. The molecule has 7 rings (SSSR count). The standard InChI is InChI=1S/C34H25FN2O2S/c35-26-16-13-25(14-17-26)32-29-18-15-24-10-4-5-12-28(24)31(29)36-34-37(32)33(38)30(40-34)20-23-9-6-11-27(19-23)39-21-22-7-2-1-3-8-22/h1-14,16-17,19-20,32H,15,18,21H2/b30-20-/t32-/m1/s1. The molecule has 5 aromatic rings. The summed E-state index contributed by atoms with van der Waals surface area (Å²) in [6, 6.07) is 32.3. The molecule has 1 aliphatic carbocycles. The quantitative estimate of drug-likeness (QED) is 0.271. The molecule has 0 spiro atoms. The Kier molecular flexibility index (Phi) is 6.25. The number of hydrogen-bond acceptors (Lipinski definition) is 4. The van der Waals surface area contributed by atoms with E-state index in [9.17, 15) is 9.18 Å². The Labute approximate surface area is 234 Å². The molecule has 1 aromatic heterocycles. The third-order valence-electron chi connectivity index (χ3n) is 7.46. The molecule has 0 unspecified atom stereocenters. The van der Waals surface area contributed by atoms with Crippen LogP contribution in [-0.2, 0) is 13.0 Å². The third-order valence-corrected chi connectivity index (χ3v) is 8.45. The first-order valence-corrected chi connectivity index (χ1v) is 14.1. The number of aryl methyl sites for hydroxylation is 1. The van der Waals surface area contributed by atoms with Crippen LogP contribution >= 0.6 is 11.3 Å². The van der Waals surface area contributed by atoms with Gasteiger partial charge in [-0.3, -0.25) is 9.36 Å². The van der Waals surface area contributed by atoms with E-state index in [1.807, 2.05) is 66.7 Å². The van der Waals surface area contributed by atoms with Gasteiger partial charge in [-0.25, -0.2) is 9.38 Å². The number of allylic oxidation sites excluding steroid dienone is 1. The summed E-state index contributed by atoms with van der Waals surface area (Å²) < 4.78 is 22.3. The number of thiazole rings is 1. The number of rotatable bonds is 5. The Morgan fingerprint density at radius 1 is 0.925 bits per heavy atom. The molecule has 0 bridgehead atoms. The summed E-state index contributed by atoms with van der Waals surface area (Å²) in [5, 5.41) is 0. The molecule has 1 aliphatic heterocycles. The van der Waals surface area contributed by atoms with Crippen LogP contribution in [0, 0.1) is 5.82 Å². The minimum absolute atomic E-state index is 0.0981. The Hall–Kier alpha value is -4.55. The Morgan fingerprint density at radius 3 is 2.58 bits per heavy atom. The Morgan fingerprint density at radius 2 is 1.73 bits per heavy atom. The fraction of sp³-hybridized carbons (Fsp3) is 0.118. The van der Waals surface area contributed by atoms with Crippen molar-refractivity contribution in [1.82, 2.24) is 4.57 Å². The van der Waals surface area contributed by atoms with Crippen LogP contribution in [0.5, 0.6) is 5.75 Å². The van der Waals surface area contributed by atoms with E-state index in [4.69, 9.17) is 9.73 Å². The molecule has 6 heteroatoms. The summed E-state index contributed by atoms with van der Waals surface area (Å²) in [5.41, 5.74) is 7.15. The lowest BCUT2D eigenvalue weighted by molar-refractivity contribution is 0.306. The smallest absolute Gasteiger partial charge is 0.271 e. The predicted molar refractivity (Wildman–Crippen MR) is 156 cm³/mol. The highest BCUT2D eigenvalue weighted by Crippen LogP contribution is 2.41. The van der Waals surface area contributed by atoms with Crippen LogP contribution < -0.4 is 19.6 Å². The lowest BCUT2D eigenvalue weighted by Crippen LogP contribution is -2.38. The average molecular weight is 545 g/mol. The largest absolute Gasteiger partial charge is 0.489 e. The van der Waals surface area contributed by atoms with Gasteiger partial charge in [-0.1, -0.05) is 90.2 Å². The van der Waals surface area contributed by atoms with Crippen molar-refractivity contribution in [2.45, 2.75) is 25.5 Å². The monoisotopic (exact) mass is 544 g/mol. The van der Waals surface area contributed by atoms with Crippen LogP contribution in [0.3, 0.4) is 0 Å². The second kappa shape index (κ2) is 10.2. The maximum atomic E-state index is 13.9. The normalized spacial score (nSPS) is 16.1. The van der Waals surface area contributed by atoms with Gasteiger partial charge in [0.25, 0.3) is 5.56 Å². The Bertz CT molecular complexity index is 1940. The highest BCUT2D eigenvalue weighted by atomic mass is 32.1. The SMILES string of the molecule is O=c1/c(=C/c2cccc(OCc3ccccc3)c2)sc2n1[C@H](c1ccc(F)cc1)C1=C(N=2)c2ccccc2CC1. The average Bonchev–Trinajstić information content (AvgIpc) is 3.30. The topological polar surface area (TPSA) is 43.6 Å². The first kappa shape index (κ1) is 24.5. The number of ether oxygens (including phenoxy) is 1. The Balaban J connectivity index is 1.33. The van der Waals surface area contributed by atoms with Crippen LogP contribution in [0.2, 0.25) is 0 Å². The number of nitrogens with zero attached hydrogens (tertiary/aromatic N) is 2. The van der Waals surface area contributed by atoms with Gasteiger partial charge in [0.15, 0.2) is 4.80 Å². The van der Waals surface area contributed by atoms with Crippen LogP contribution in [-0.4, -0.2) is 4.57 Å². The fourth-order valence-corrected chi connectivity index (χ4v) is 6.55. The summed E-state index contributed by atoms with van der Waals surface area (Å²) >= 11 is 1.38. The van der Waals surface area contributed by atoms with Crippen LogP contribution in [0.1, 0.15) is 40.3 Å². The van der Waals surface area contributed by atoms with Crippen molar-refractivity contribution in [1.29, 1.82) is 0 Å². The molecule has 0 amide bonds. The molecule has 0 radical (unpaired) electrons. The summed E-state index contributed by atoms with van der Waals surface area (Å²) in [4.78, 5) is 19.6. The van der Waals surface area contributed by atoms with Crippen molar-refractivity contribution in [2.24, 2.45) is 4.99 Å². The van der Waals surface area contributed by atoms with E-state index < -0.39 is 0 Å². The van der Waals surface area contributed by atoms with Gasteiger partial charge in [-0.05, 0) is 71.0 Å². The van der Waals surface area contributed by atoms with Gasteiger partial charge in [0.1, 0.15) is 18.2 Å². The molecular formula is C34H25FN2O2S. The summed E-state index contributed by atoms with van der Waals surface area (Å²) in [6.07, 6.45) is 3.57. The van der Waals surface area contributed by atoms with E-state index in [1.54, 1.807) is 16.7 Å². The van der Waals surface area contributed by atoms with Crippen LogP contribution in [0.4, 0.5) is 4.39 Å². The summed E-state index contributed by atoms with van der Waals surface area (Å²) in [5.74, 6) is 0.440. The minimum atomic E-state index is -0.331. The van der Waals surface area contributed by atoms with Crippen molar-refractivity contribution in [3.05, 3.63) is 162 Å². The number of hydrogen-bond donors (Lipinski definition) is 0. The predicted octanol–water partition coefficient (Wildman–Crippen LogP) is 6.04. The lowest BCUT2D eigenvalue weighted by atomic mass is 9.83. The highest BCUT2D eigenvalue weighted by Gasteiger charge is 2.32. The molecular weight excluding hydrogens is 519 g/mol. The van der Waals surface area contributed by atoms with E-state index in [0.29, 0.717) is 15.9 Å². The van der Waals surface area contributed by atoms with Gasteiger partial charge < -0.3 is 4.74 Å². The van der Waals surface area contributed by atoms with Gasteiger partial charge in [-0.2, -0.15) is 0 Å². The molecule has 0 saturated heterocycles. The number of aromatic nitrogens is 1. The van der Waals surface area contributed by atoms with Gasteiger partial charge in [0.05, 0.1) is 16.3 Å². The van der Waals surface area contributed by atoms with Gasteiger partial charge in [-0.15, -0.1) is 0 Å². The molecule has 2 aliphatic rings. The molecule has 1 atom stereocenters. The van der Waals surface area contributed by atoms with E-state index >= 15 is 0 Å². The van der Waals surface area contributed by atoms with Gasteiger partial charge >= 0.3 is 0 Å². The zero-order valence-corrected chi connectivity index (χ0v) is 22.4. The number of fused-ring (bicyclic) bond motifs is 3. The minimum Gasteiger partial charge on any atom is -0.489 e. The fourth-order valence-electron chi connectivity index (χ4n) is 5.55. The van der Waals surface area contributed by atoms with E-state index in [-0.39, 0.29) is 17.4 Å². The molecule has 4 nitrogen and oxygen atoms in total. The molecule has 4 aromatic carbocycles. The molecule has 2 heterocycles. The highest BCUT2D eigenvalue weighted by molar-refractivity contribution is 7.07. The third kappa shape index (κ3) is 4.50. The van der Waals surface area contributed by atoms with Crippen LogP contribution in [0.25, 0.3) is 11.8 Å². The second-order valence-electron chi connectivity index (χ2n) is 10.0. The van der Waals surface area contributed by atoms with Crippen molar-refractivity contribution >= 4 is 23.1 Å². The van der Waals surface area contributed by atoms with E-state index in [2.05, 4.69) is 18.2 Å². The molecule has 0 saturated carbocycles. The molecule has 0 N–H and O–H groups in total. The number of halogens is 1. The van der Waals surface area contributed by atoms with Gasteiger partial charge in [0.2, 0.25) is 0 Å². The van der Waals surface area contributed by atoms with E-state index in [0.717, 1.165) is 52.1 Å². The molecule has 40 heavy (non-hydrogen) atoms. The summed E-state index contributed by atoms with van der Waals surface area (Å²) in [7, 11) is 0. The zero-order valence-electron chi connectivity index (χ0n) is 21.6. The van der Waals surface area contributed by atoms with Crippen molar-refractivity contribution in [3.63, 3.8) is 0 Å². The van der Waals surface area contributed by atoms with E-state index in [1.165, 1.54) is 29.0 Å². The molecule has 196 valence electrons. The van der Waals surface area contributed by atoms with Crippen molar-refractivity contribution in [2.75, 3.05) is 0 Å². The molecule has 0 fully saturated rings. The van der Waals surface area contributed by atoms with Crippen molar-refractivity contribution < 1.29 is 9.13 Å². The number of benzene rings is 4. The summed E-state index contributed by atoms with van der Waals surface area (Å²) in [6.45, 7) is 0.469.